The van der Waals surface area contributed by atoms with Gasteiger partial charge in [-0.15, -0.1) is 0 Å². The van der Waals surface area contributed by atoms with Crippen molar-refractivity contribution in [1.82, 2.24) is 4.90 Å². The first-order chi connectivity index (χ1) is 6.20. The van der Waals surface area contributed by atoms with E-state index in [9.17, 15) is 9.90 Å². The summed E-state index contributed by atoms with van der Waals surface area (Å²) in [6.07, 6.45) is 0.261. The van der Waals surface area contributed by atoms with E-state index in [4.69, 9.17) is 9.47 Å². The molecule has 1 amide bonds. The number of carbonyl (C=O) groups excluding carboxylic acids is 1. The molecule has 2 aliphatic heterocycles. The van der Waals surface area contributed by atoms with Gasteiger partial charge in [0.2, 0.25) is 0 Å². The minimum atomic E-state index is -0.858. The molecule has 2 rings (SSSR count). The Hall–Kier alpha value is -0.810. The molecular weight excluding hydrogens is 174 g/mol. The van der Waals surface area contributed by atoms with Crippen molar-refractivity contribution in [3.8, 4) is 0 Å². The molecule has 1 N–H and O–H groups in total. The quantitative estimate of drug-likeness (QED) is 0.638. The zero-order valence-electron chi connectivity index (χ0n) is 7.36. The lowest BCUT2D eigenvalue weighted by Crippen LogP contribution is -2.44. The molecule has 0 aromatic carbocycles. The summed E-state index contributed by atoms with van der Waals surface area (Å²) < 4.78 is 9.83. The molecule has 2 heterocycles. The normalized spacial score (nSPS) is 33.9. The lowest BCUT2D eigenvalue weighted by Gasteiger charge is -2.25. The van der Waals surface area contributed by atoms with Gasteiger partial charge >= 0.3 is 6.09 Å². The smallest absolute Gasteiger partial charge is 0.410 e. The molecule has 0 spiro atoms. The minimum absolute atomic E-state index is 0.316. The van der Waals surface area contributed by atoms with Crippen LogP contribution < -0.4 is 0 Å². The van der Waals surface area contributed by atoms with Gasteiger partial charge in [0.05, 0.1) is 19.7 Å². The molecule has 0 radical (unpaired) electrons. The van der Waals surface area contributed by atoms with Gasteiger partial charge in [0, 0.05) is 13.0 Å². The molecule has 0 aliphatic carbocycles. The largest absolute Gasteiger partial charge is 0.448 e. The van der Waals surface area contributed by atoms with Gasteiger partial charge in [-0.3, -0.25) is 0 Å². The van der Waals surface area contributed by atoms with Crippen LogP contribution in [0, 0.1) is 0 Å². The number of hydrogen-bond donors (Lipinski definition) is 1. The highest BCUT2D eigenvalue weighted by Gasteiger charge is 2.37. The molecule has 1 unspecified atom stereocenters. The molecule has 2 fully saturated rings. The molecule has 0 saturated carbocycles. The SMILES string of the molecule is O=C1OCCN1CC1(O)CCOC1. The molecule has 5 nitrogen and oxygen atoms in total. The average Bonchev–Trinajstić information content (AvgIpc) is 2.64. The van der Waals surface area contributed by atoms with Gasteiger partial charge < -0.3 is 19.5 Å². The highest BCUT2D eigenvalue weighted by molar-refractivity contribution is 5.69. The van der Waals surface area contributed by atoms with Gasteiger partial charge in [-0.25, -0.2) is 4.79 Å². The second kappa shape index (κ2) is 3.16. The van der Waals surface area contributed by atoms with Crippen LogP contribution in [-0.4, -0.2) is 54.6 Å². The number of amides is 1. The number of nitrogens with zero attached hydrogens (tertiary/aromatic N) is 1. The number of ether oxygens (including phenoxy) is 2. The van der Waals surface area contributed by atoms with Crippen LogP contribution in [0.2, 0.25) is 0 Å². The lowest BCUT2D eigenvalue weighted by molar-refractivity contribution is 0.00624. The Bertz CT molecular complexity index is 212. The molecule has 5 heteroatoms. The van der Waals surface area contributed by atoms with Gasteiger partial charge in [0.25, 0.3) is 0 Å². The third kappa shape index (κ3) is 1.76. The fourth-order valence-electron chi connectivity index (χ4n) is 1.65. The third-order valence-electron chi connectivity index (χ3n) is 2.41. The van der Waals surface area contributed by atoms with Crippen LogP contribution in [0.15, 0.2) is 0 Å². The van der Waals surface area contributed by atoms with Crippen molar-refractivity contribution < 1.29 is 19.4 Å². The Morgan fingerprint density at radius 1 is 1.54 bits per heavy atom. The first-order valence-corrected chi connectivity index (χ1v) is 4.41. The van der Waals surface area contributed by atoms with E-state index in [1.54, 1.807) is 0 Å². The van der Waals surface area contributed by atoms with E-state index in [1.807, 2.05) is 0 Å². The van der Waals surface area contributed by atoms with Gasteiger partial charge in [-0.05, 0) is 0 Å². The minimum Gasteiger partial charge on any atom is -0.448 e. The molecule has 2 saturated heterocycles. The van der Waals surface area contributed by atoms with E-state index in [-0.39, 0.29) is 6.09 Å². The summed E-state index contributed by atoms with van der Waals surface area (Å²) in [4.78, 5) is 12.6. The topological polar surface area (TPSA) is 59.0 Å². The maximum atomic E-state index is 11.1. The zero-order chi connectivity index (χ0) is 9.31. The Morgan fingerprint density at radius 2 is 2.38 bits per heavy atom. The Balaban J connectivity index is 1.92. The van der Waals surface area contributed by atoms with Crippen molar-refractivity contribution in [3.63, 3.8) is 0 Å². The van der Waals surface area contributed by atoms with Crippen LogP contribution in [-0.2, 0) is 9.47 Å². The second-order valence-corrected chi connectivity index (χ2v) is 3.56. The van der Waals surface area contributed by atoms with Gasteiger partial charge in [-0.2, -0.15) is 0 Å². The summed E-state index contributed by atoms with van der Waals surface area (Å²) in [5.41, 5.74) is -0.858. The maximum Gasteiger partial charge on any atom is 0.410 e. The van der Waals surface area contributed by atoms with E-state index >= 15 is 0 Å². The predicted octanol–water partition coefficient (Wildman–Crippen LogP) is -0.410. The summed E-state index contributed by atoms with van der Waals surface area (Å²) in [6, 6.07) is 0. The number of rotatable bonds is 2. The summed E-state index contributed by atoms with van der Waals surface area (Å²) in [5, 5.41) is 9.90. The molecule has 74 valence electrons. The number of hydrogen-bond acceptors (Lipinski definition) is 4. The number of carbonyl (C=O) groups is 1. The standard InChI is InChI=1S/C8H13NO4/c10-7-9(2-4-13-7)5-8(11)1-3-12-6-8/h11H,1-6H2. The highest BCUT2D eigenvalue weighted by atomic mass is 16.6. The molecular formula is C8H13NO4. The molecule has 1 atom stereocenters. The number of cyclic esters (lactones) is 1. The Labute approximate surface area is 76.2 Å². The molecule has 2 aliphatic rings. The summed E-state index contributed by atoms with van der Waals surface area (Å²) in [6.45, 7) is 2.21. The lowest BCUT2D eigenvalue weighted by atomic mass is 10.0. The number of β-amino-alcohol motifs (C(OH)–C–C–N with tert-alkyl or cyclic N) is 1. The molecule has 0 bridgehead atoms. The van der Waals surface area contributed by atoms with Crippen molar-refractivity contribution in [2.75, 3.05) is 32.9 Å². The average molecular weight is 187 g/mol. The monoisotopic (exact) mass is 187 g/mol. The van der Waals surface area contributed by atoms with E-state index in [2.05, 4.69) is 0 Å². The van der Waals surface area contributed by atoms with Gasteiger partial charge in [-0.1, -0.05) is 0 Å². The summed E-state index contributed by atoms with van der Waals surface area (Å²) >= 11 is 0. The summed E-state index contributed by atoms with van der Waals surface area (Å²) in [7, 11) is 0. The van der Waals surface area contributed by atoms with Crippen LogP contribution in [0.25, 0.3) is 0 Å². The van der Waals surface area contributed by atoms with E-state index in [0.29, 0.717) is 39.3 Å². The third-order valence-corrected chi connectivity index (χ3v) is 2.41. The van der Waals surface area contributed by atoms with Gasteiger partial charge in [0.15, 0.2) is 0 Å². The maximum absolute atomic E-state index is 11.1. The van der Waals surface area contributed by atoms with Crippen molar-refractivity contribution in [2.24, 2.45) is 0 Å². The molecule has 13 heavy (non-hydrogen) atoms. The van der Waals surface area contributed by atoms with E-state index < -0.39 is 5.60 Å². The van der Waals surface area contributed by atoms with Crippen molar-refractivity contribution >= 4 is 6.09 Å². The Morgan fingerprint density at radius 3 is 2.92 bits per heavy atom. The summed E-state index contributed by atoms with van der Waals surface area (Å²) in [5.74, 6) is 0. The van der Waals surface area contributed by atoms with Gasteiger partial charge in [0.1, 0.15) is 12.2 Å². The van der Waals surface area contributed by atoms with Crippen LogP contribution in [0.5, 0.6) is 0 Å². The zero-order valence-corrected chi connectivity index (χ0v) is 7.36. The highest BCUT2D eigenvalue weighted by Crippen LogP contribution is 2.21. The molecule has 0 aromatic rings. The first kappa shape index (κ1) is 8.77. The molecule has 0 aromatic heterocycles. The van der Waals surface area contributed by atoms with Crippen molar-refractivity contribution in [1.29, 1.82) is 0 Å². The fourth-order valence-corrected chi connectivity index (χ4v) is 1.65. The van der Waals surface area contributed by atoms with E-state index in [1.165, 1.54) is 4.90 Å². The van der Waals surface area contributed by atoms with Crippen LogP contribution in [0.1, 0.15) is 6.42 Å². The fraction of sp³-hybridized carbons (Fsp3) is 0.875. The Kier molecular flexibility index (Phi) is 2.13. The van der Waals surface area contributed by atoms with Crippen molar-refractivity contribution in [3.05, 3.63) is 0 Å². The first-order valence-electron chi connectivity index (χ1n) is 4.41. The second-order valence-electron chi connectivity index (χ2n) is 3.56. The van der Waals surface area contributed by atoms with Crippen LogP contribution >= 0.6 is 0 Å². The number of aliphatic hydroxyl groups is 1. The predicted molar refractivity (Wildman–Crippen MR) is 43.3 cm³/mol. The van der Waals surface area contributed by atoms with Crippen LogP contribution in [0.3, 0.4) is 0 Å². The van der Waals surface area contributed by atoms with Crippen LogP contribution in [0.4, 0.5) is 4.79 Å². The van der Waals surface area contributed by atoms with E-state index in [0.717, 1.165) is 0 Å². The van der Waals surface area contributed by atoms with Crippen molar-refractivity contribution in [2.45, 2.75) is 12.0 Å².